The van der Waals surface area contributed by atoms with Gasteiger partial charge in [-0.25, -0.2) is 13.6 Å². The van der Waals surface area contributed by atoms with Gasteiger partial charge in [0.25, 0.3) is 0 Å². The van der Waals surface area contributed by atoms with Gasteiger partial charge in [-0.15, -0.1) is 6.58 Å². The number of carbonyl (C=O) groups is 1. The van der Waals surface area contributed by atoms with Crippen LogP contribution in [0.2, 0.25) is 0 Å². The molecule has 2 nitrogen and oxygen atoms in total. The maximum Gasteiger partial charge on any atom is 0.343 e. The van der Waals surface area contributed by atoms with E-state index in [1.807, 2.05) is 12.1 Å². The van der Waals surface area contributed by atoms with Crippen LogP contribution >= 0.6 is 0 Å². The standard InChI is InChI=1S/C26H28F2O2/c1-3-17-4-5-22-13-21(11-10-20(22)12-17)18-6-8-19(9-7-18)26(29)30-23-14-24(27)16(2)25(28)15-23/h3,6-9,14-15,17,20-22H,1,4-5,10-13H2,2H3. The molecule has 4 atom stereocenters. The molecule has 2 aromatic carbocycles. The van der Waals surface area contributed by atoms with Crippen LogP contribution in [0.4, 0.5) is 8.78 Å². The molecular formula is C26H28F2O2. The minimum Gasteiger partial charge on any atom is -0.423 e. The van der Waals surface area contributed by atoms with Gasteiger partial charge in [0.15, 0.2) is 0 Å². The number of hydrogen-bond donors (Lipinski definition) is 0. The molecule has 0 spiro atoms. The molecule has 0 bridgehead atoms. The van der Waals surface area contributed by atoms with Gasteiger partial charge in [0, 0.05) is 17.7 Å². The van der Waals surface area contributed by atoms with E-state index in [4.69, 9.17) is 4.74 Å². The van der Waals surface area contributed by atoms with E-state index in [1.54, 1.807) is 12.1 Å². The number of esters is 1. The van der Waals surface area contributed by atoms with Crippen molar-refractivity contribution in [1.29, 1.82) is 0 Å². The van der Waals surface area contributed by atoms with Crippen LogP contribution in [-0.4, -0.2) is 5.97 Å². The lowest BCUT2D eigenvalue weighted by Gasteiger charge is -2.41. The lowest BCUT2D eigenvalue weighted by atomic mass is 9.64. The molecule has 2 aromatic rings. The quantitative estimate of drug-likeness (QED) is 0.309. The van der Waals surface area contributed by atoms with Crippen molar-refractivity contribution in [3.8, 4) is 5.75 Å². The van der Waals surface area contributed by atoms with Gasteiger partial charge in [0.2, 0.25) is 0 Å². The van der Waals surface area contributed by atoms with E-state index >= 15 is 0 Å². The summed E-state index contributed by atoms with van der Waals surface area (Å²) in [4.78, 5) is 12.4. The van der Waals surface area contributed by atoms with Crippen LogP contribution in [0, 0.1) is 36.3 Å². The van der Waals surface area contributed by atoms with E-state index in [0.717, 1.165) is 24.0 Å². The monoisotopic (exact) mass is 410 g/mol. The Morgan fingerprint density at radius 1 is 1.00 bits per heavy atom. The Morgan fingerprint density at radius 2 is 1.63 bits per heavy atom. The van der Waals surface area contributed by atoms with E-state index in [9.17, 15) is 13.6 Å². The number of fused-ring (bicyclic) bond motifs is 1. The Hall–Kier alpha value is -2.49. The minimum absolute atomic E-state index is 0.0909. The van der Waals surface area contributed by atoms with E-state index in [2.05, 4.69) is 12.7 Å². The number of hydrogen-bond acceptors (Lipinski definition) is 2. The summed E-state index contributed by atoms with van der Waals surface area (Å²) in [5.41, 5.74) is 1.54. The molecule has 0 amide bonds. The smallest absolute Gasteiger partial charge is 0.343 e. The average Bonchev–Trinajstić information content (AvgIpc) is 2.76. The molecule has 30 heavy (non-hydrogen) atoms. The van der Waals surface area contributed by atoms with Crippen LogP contribution in [0.3, 0.4) is 0 Å². The molecule has 0 aliphatic heterocycles. The van der Waals surface area contributed by atoms with Gasteiger partial charge >= 0.3 is 5.97 Å². The Morgan fingerprint density at radius 3 is 2.30 bits per heavy atom. The largest absolute Gasteiger partial charge is 0.423 e. The van der Waals surface area contributed by atoms with Crippen molar-refractivity contribution in [2.75, 3.05) is 0 Å². The first kappa shape index (κ1) is 20.8. The Balaban J connectivity index is 1.39. The summed E-state index contributed by atoms with van der Waals surface area (Å²) in [6.07, 6.45) is 9.59. The predicted octanol–water partition coefficient (Wildman–Crippen LogP) is 6.98. The van der Waals surface area contributed by atoms with Crippen molar-refractivity contribution in [3.05, 3.63) is 77.4 Å². The fraction of sp³-hybridized carbons (Fsp3) is 0.423. The maximum absolute atomic E-state index is 13.7. The number of halogens is 2. The maximum atomic E-state index is 13.7. The summed E-state index contributed by atoms with van der Waals surface area (Å²) in [6.45, 7) is 5.31. The zero-order valence-corrected chi connectivity index (χ0v) is 17.4. The van der Waals surface area contributed by atoms with Crippen LogP contribution < -0.4 is 4.74 Å². The highest BCUT2D eigenvalue weighted by molar-refractivity contribution is 5.91. The molecule has 2 aliphatic rings. The Kier molecular flexibility index (Phi) is 6.03. The second-order valence-electron chi connectivity index (χ2n) is 8.86. The van der Waals surface area contributed by atoms with E-state index < -0.39 is 17.6 Å². The van der Waals surface area contributed by atoms with Crippen molar-refractivity contribution in [3.63, 3.8) is 0 Å². The second kappa shape index (κ2) is 8.71. The Labute approximate surface area is 177 Å². The zero-order valence-electron chi connectivity index (χ0n) is 17.4. The topological polar surface area (TPSA) is 26.3 Å². The highest BCUT2D eigenvalue weighted by Gasteiger charge is 2.35. The van der Waals surface area contributed by atoms with Crippen molar-refractivity contribution in [2.24, 2.45) is 17.8 Å². The molecular weight excluding hydrogens is 382 g/mol. The average molecular weight is 411 g/mol. The number of carbonyl (C=O) groups excluding carboxylic acids is 1. The van der Waals surface area contributed by atoms with Gasteiger partial charge < -0.3 is 4.74 Å². The zero-order chi connectivity index (χ0) is 21.3. The van der Waals surface area contributed by atoms with Gasteiger partial charge in [0.1, 0.15) is 17.4 Å². The number of allylic oxidation sites excluding steroid dienone is 1. The van der Waals surface area contributed by atoms with Gasteiger partial charge in [0.05, 0.1) is 5.56 Å². The second-order valence-corrected chi connectivity index (χ2v) is 8.86. The molecule has 4 heteroatoms. The molecule has 4 unspecified atom stereocenters. The van der Waals surface area contributed by atoms with Crippen LogP contribution in [0.15, 0.2) is 49.1 Å². The SMILES string of the molecule is C=CC1CCC2CC(c3ccc(C(=O)Oc4cc(F)c(C)c(F)c4)cc3)CCC2C1. The highest BCUT2D eigenvalue weighted by atomic mass is 19.1. The van der Waals surface area contributed by atoms with Crippen LogP contribution in [0.5, 0.6) is 5.75 Å². The molecule has 0 N–H and O–H groups in total. The Bertz CT molecular complexity index is 912. The summed E-state index contributed by atoms with van der Waals surface area (Å²) in [5.74, 6) is 0.615. The first-order valence-corrected chi connectivity index (χ1v) is 10.8. The van der Waals surface area contributed by atoms with Gasteiger partial charge in [-0.05, 0) is 86.8 Å². The van der Waals surface area contributed by atoms with Crippen molar-refractivity contribution in [2.45, 2.75) is 51.4 Å². The third-order valence-corrected chi connectivity index (χ3v) is 7.07. The molecule has 0 saturated heterocycles. The van der Waals surface area contributed by atoms with E-state index in [1.165, 1.54) is 51.0 Å². The summed E-state index contributed by atoms with van der Waals surface area (Å²) >= 11 is 0. The first-order valence-electron chi connectivity index (χ1n) is 10.8. The van der Waals surface area contributed by atoms with E-state index in [0.29, 0.717) is 17.4 Å². The van der Waals surface area contributed by atoms with Crippen molar-refractivity contribution >= 4 is 5.97 Å². The number of ether oxygens (including phenoxy) is 1. The molecule has 2 fully saturated rings. The van der Waals surface area contributed by atoms with Crippen LogP contribution in [0.1, 0.15) is 65.9 Å². The molecule has 2 saturated carbocycles. The molecule has 0 radical (unpaired) electrons. The summed E-state index contributed by atoms with van der Waals surface area (Å²) in [7, 11) is 0. The summed E-state index contributed by atoms with van der Waals surface area (Å²) < 4.78 is 32.5. The van der Waals surface area contributed by atoms with Gasteiger partial charge in [-0.2, -0.15) is 0 Å². The first-order chi connectivity index (χ1) is 14.4. The normalized spacial score (nSPS) is 26.0. The molecule has 158 valence electrons. The van der Waals surface area contributed by atoms with Gasteiger partial charge in [-0.1, -0.05) is 18.2 Å². The third-order valence-electron chi connectivity index (χ3n) is 7.07. The summed E-state index contributed by atoms with van der Waals surface area (Å²) in [6, 6.07) is 9.55. The van der Waals surface area contributed by atoms with Crippen molar-refractivity contribution in [1.82, 2.24) is 0 Å². The summed E-state index contributed by atoms with van der Waals surface area (Å²) in [5, 5.41) is 0. The molecule has 0 heterocycles. The van der Waals surface area contributed by atoms with Crippen LogP contribution in [0.25, 0.3) is 0 Å². The highest BCUT2D eigenvalue weighted by Crippen LogP contribution is 2.47. The third kappa shape index (κ3) is 4.33. The van der Waals surface area contributed by atoms with E-state index in [-0.39, 0.29) is 11.3 Å². The lowest BCUT2D eigenvalue weighted by molar-refractivity contribution is 0.0734. The fourth-order valence-electron chi connectivity index (χ4n) is 5.18. The lowest BCUT2D eigenvalue weighted by Crippen LogP contribution is -2.29. The molecule has 2 aliphatic carbocycles. The fourth-order valence-corrected chi connectivity index (χ4v) is 5.18. The minimum atomic E-state index is -0.731. The predicted molar refractivity (Wildman–Crippen MR) is 114 cm³/mol. The number of rotatable bonds is 4. The van der Waals surface area contributed by atoms with Crippen LogP contribution in [-0.2, 0) is 0 Å². The number of benzene rings is 2. The van der Waals surface area contributed by atoms with Gasteiger partial charge in [-0.3, -0.25) is 0 Å². The van der Waals surface area contributed by atoms with Crippen molar-refractivity contribution < 1.29 is 18.3 Å². The molecule has 4 rings (SSSR count). The molecule has 0 aromatic heterocycles.